The number of amides is 2. The maximum absolute atomic E-state index is 12.1. The van der Waals surface area contributed by atoms with Crippen LogP contribution in [0.1, 0.15) is 26.7 Å². The summed E-state index contributed by atoms with van der Waals surface area (Å²) in [6.45, 7) is 5.44. The summed E-state index contributed by atoms with van der Waals surface area (Å²) in [6, 6.07) is 0. The molecule has 2 amide bonds. The van der Waals surface area contributed by atoms with Gasteiger partial charge in [0.2, 0.25) is 11.8 Å². The zero-order valence-corrected chi connectivity index (χ0v) is 11.8. The van der Waals surface area contributed by atoms with Gasteiger partial charge in [-0.25, -0.2) is 0 Å². The summed E-state index contributed by atoms with van der Waals surface area (Å²) in [5.41, 5.74) is 0. The maximum atomic E-state index is 12.1. The molecule has 0 bridgehead atoms. The van der Waals surface area contributed by atoms with E-state index in [1.54, 1.807) is 18.9 Å². The van der Waals surface area contributed by atoms with Crippen LogP contribution in [0.3, 0.4) is 0 Å². The predicted octanol–water partition coefficient (Wildman–Crippen LogP) is 0.266. The Balaban J connectivity index is 2.41. The van der Waals surface area contributed by atoms with Gasteiger partial charge in [0.15, 0.2) is 0 Å². The molecule has 0 spiro atoms. The van der Waals surface area contributed by atoms with Crippen LogP contribution >= 0.6 is 0 Å². The van der Waals surface area contributed by atoms with Gasteiger partial charge in [-0.2, -0.15) is 0 Å². The third-order valence-corrected chi connectivity index (χ3v) is 3.28. The first-order chi connectivity index (χ1) is 8.99. The molecule has 0 radical (unpaired) electrons. The Labute approximate surface area is 113 Å². The molecule has 0 N–H and O–H groups in total. The Bertz CT molecular complexity index is 357. The molecule has 0 aliphatic carbocycles. The highest BCUT2D eigenvalue weighted by Gasteiger charge is 2.34. The molecular weight excluding hydrogens is 248 g/mol. The average molecular weight is 270 g/mol. The number of hydrogen-bond donors (Lipinski definition) is 0. The third-order valence-electron chi connectivity index (χ3n) is 3.28. The number of carbonyl (C=O) groups is 3. The number of carbonyl (C=O) groups excluding carboxylic acids is 3. The van der Waals surface area contributed by atoms with Crippen molar-refractivity contribution in [3.63, 3.8) is 0 Å². The summed E-state index contributed by atoms with van der Waals surface area (Å²) in [5, 5.41) is 0. The fourth-order valence-corrected chi connectivity index (χ4v) is 2.16. The van der Waals surface area contributed by atoms with E-state index < -0.39 is 0 Å². The molecule has 0 aromatic rings. The van der Waals surface area contributed by atoms with E-state index in [0.29, 0.717) is 26.2 Å². The average Bonchev–Trinajstić information content (AvgIpc) is 2.76. The van der Waals surface area contributed by atoms with Crippen LogP contribution < -0.4 is 0 Å². The molecule has 6 nitrogen and oxygen atoms in total. The van der Waals surface area contributed by atoms with E-state index in [1.807, 2.05) is 6.92 Å². The van der Waals surface area contributed by atoms with Gasteiger partial charge in [0.05, 0.1) is 18.9 Å². The van der Waals surface area contributed by atoms with Crippen LogP contribution in [0.25, 0.3) is 0 Å². The molecule has 0 aromatic heterocycles. The maximum Gasteiger partial charge on any atom is 0.307 e. The van der Waals surface area contributed by atoms with Gasteiger partial charge in [-0.05, 0) is 13.8 Å². The molecule has 1 unspecified atom stereocenters. The molecule has 1 aliphatic rings. The highest BCUT2D eigenvalue weighted by Crippen LogP contribution is 2.19. The minimum absolute atomic E-state index is 0.0274. The molecule has 19 heavy (non-hydrogen) atoms. The Kier molecular flexibility index (Phi) is 5.79. The normalized spacial score (nSPS) is 18.6. The summed E-state index contributed by atoms with van der Waals surface area (Å²) >= 11 is 0. The second-order valence-electron chi connectivity index (χ2n) is 4.65. The first-order valence-electron chi connectivity index (χ1n) is 6.67. The lowest BCUT2D eigenvalue weighted by molar-refractivity contribution is -0.144. The summed E-state index contributed by atoms with van der Waals surface area (Å²) in [4.78, 5) is 38.1. The van der Waals surface area contributed by atoms with Crippen LogP contribution in [0, 0.1) is 5.92 Å². The molecule has 0 aromatic carbocycles. The number of rotatable bonds is 6. The number of hydrogen-bond acceptors (Lipinski definition) is 4. The molecule has 1 aliphatic heterocycles. The molecule has 1 heterocycles. The smallest absolute Gasteiger partial charge is 0.307 e. The standard InChI is InChI=1S/C13H22N2O4/c1-4-15-9-10(8-11(15)16)13(18)14(3)7-6-12(17)19-5-2/h10H,4-9H2,1-3H3. The first-order valence-corrected chi connectivity index (χ1v) is 6.67. The summed E-state index contributed by atoms with van der Waals surface area (Å²) in [6.07, 6.45) is 0.463. The molecule has 1 fully saturated rings. The summed E-state index contributed by atoms with van der Waals surface area (Å²) in [5.74, 6) is -0.632. The largest absolute Gasteiger partial charge is 0.466 e. The molecule has 1 rings (SSSR count). The van der Waals surface area contributed by atoms with Gasteiger partial charge in [0.25, 0.3) is 0 Å². The van der Waals surface area contributed by atoms with E-state index in [4.69, 9.17) is 4.74 Å². The monoisotopic (exact) mass is 270 g/mol. The fraction of sp³-hybridized carbons (Fsp3) is 0.769. The molecule has 1 saturated heterocycles. The van der Waals surface area contributed by atoms with Gasteiger partial charge < -0.3 is 14.5 Å². The van der Waals surface area contributed by atoms with Crippen molar-refractivity contribution in [3.05, 3.63) is 0 Å². The summed E-state index contributed by atoms with van der Waals surface area (Å²) < 4.78 is 4.81. The van der Waals surface area contributed by atoms with Gasteiger partial charge >= 0.3 is 5.97 Å². The van der Waals surface area contributed by atoms with E-state index in [2.05, 4.69) is 0 Å². The van der Waals surface area contributed by atoms with Crippen LogP contribution in [0.5, 0.6) is 0 Å². The van der Waals surface area contributed by atoms with Crippen LogP contribution in [0.2, 0.25) is 0 Å². The molecule has 6 heteroatoms. The van der Waals surface area contributed by atoms with Crippen molar-refractivity contribution in [2.75, 3.05) is 33.3 Å². The van der Waals surface area contributed by atoms with Crippen LogP contribution in [-0.2, 0) is 19.1 Å². The van der Waals surface area contributed by atoms with Gasteiger partial charge in [0, 0.05) is 33.1 Å². The third kappa shape index (κ3) is 4.22. The minimum Gasteiger partial charge on any atom is -0.466 e. The Morgan fingerprint density at radius 2 is 2.11 bits per heavy atom. The van der Waals surface area contributed by atoms with E-state index in [9.17, 15) is 14.4 Å². The second kappa shape index (κ2) is 7.11. The van der Waals surface area contributed by atoms with Crippen molar-refractivity contribution < 1.29 is 19.1 Å². The lowest BCUT2D eigenvalue weighted by atomic mass is 10.1. The van der Waals surface area contributed by atoms with Crippen molar-refractivity contribution >= 4 is 17.8 Å². The van der Waals surface area contributed by atoms with Crippen molar-refractivity contribution in [1.29, 1.82) is 0 Å². The topological polar surface area (TPSA) is 66.9 Å². The Morgan fingerprint density at radius 3 is 2.63 bits per heavy atom. The number of esters is 1. The van der Waals surface area contributed by atoms with Gasteiger partial charge in [-0.15, -0.1) is 0 Å². The Morgan fingerprint density at radius 1 is 1.42 bits per heavy atom. The van der Waals surface area contributed by atoms with Crippen molar-refractivity contribution in [1.82, 2.24) is 9.80 Å². The van der Waals surface area contributed by atoms with Crippen molar-refractivity contribution in [2.24, 2.45) is 5.92 Å². The lowest BCUT2D eigenvalue weighted by Crippen LogP contribution is -2.36. The van der Waals surface area contributed by atoms with Crippen molar-refractivity contribution in [2.45, 2.75) is 26.7 Å². The SMILES string of the molecule is CCOC(=O)CCN(C)C(=O)C1CC(=O)N(CC)C1. The highest BCUT2D eigenvalue weighted by molar-refractivity contribution is 5.89. The van der Waals surface area contributed by atoms with Crippen LogP contribution in [0.15, 0.2) is 0 Å². The molecule has 0 saturated carbocycles. The van der Waals surface area contributed by atoms with E-state index >= 15 is 0 Å². The van der Waals surface area contributed by atoms with Gasteiger partial charge in [0.1, 0.15) is 0 Å². The van der Waals surface area contributed by atoms with Crippen LogP contribution in [-0.4, -0.2) is 60.9 Å². The zero-order valence-electron chi connectivity index (χ0n) is 11.8. The fourth-order valence-electron chi connectivity index (χ4n) is 2.16. The second-order valence-corrected chi connectivity index (χ2v) is 4.65. The summed E-state index contributed by atoms with van der Waals surface area (Å²) in [7, 11) is 1.65. The highest BCUT2D eigenvalue weighted by atomic mass is 16.5. The van der Waals surface area contributed by atoms with Crippen LogP contribution in [0.4, 0.5) is 0 Å². The lowest BCUT2D eigenvalue weighted by Gasteiger charge is -2.20. The minimum atomic E-state index is -0.306. The quantitative estimate of drug-likeness (QED) is 0.650. The van der Waals surface area contributed by atoms with E-state index in [1.165, 1.54) is 4.90 Å². The molecule has 1 atom stereocenters. The van der Waals surface area contributed by atoms with E-state index in [0.717, 1.165) is 0 Å². The number of ether oxygens (including phenoxy) is 1. The molecular formula is C13H22N2O4. The predicted molar refractivity (Wildman–Crippen MR) is 69.2 cm³/mol. The van der Waals surface area contributed by atoms with Gasteiger partial charge in [-0.1, -0.05) is 0 Å². The van der Waals surface area contributed by atoms with E-state index in [-0.39, 0.29) is 36.5 Å². The first kappa shape index (κ1) is 15.5. The van der Waals surface area contributed by atoms with Crippen molar-refractivity contribution in [3.8, 4) is 0 Å². The Hall–Kier alpha value is -1.59. The number of likely N-dealkylation sites (tertiary alicyclic amines) is 1. The molecule has 108 valence electrons. The number of nitrogens with zero attached hydrogens (tertiary/aromatic N) is 2. The van der Waals surface area contributed by atoms with Gasteiger partial charge in [-0.3, -0.25) is 14.4 Å². The zero-order chi connectivity index (χ0) is 14.4.